The van der Waals surface area contributed by atoms with Crippen LogP contribution in [0.3, 0.4) is 0 Å². The second-order valence-electron chi connectivity index (χ2n) is 8.89. The summed E-state index contributed by atoms with van der Waals surface area (Å²) in [6, 6.07) is 39.3. The molecule has 1 aliphatic carbocycles. The third-order valence-electron chi connectivity index (χ3n) is 6.94. The van der Waals surface area contributed by atoms with Crippen molar-refractivity contribution in [1.29, 1.82) is 0 Å². The van der Waals surface area contributed by atoms with Gasteiger partial charge in [-0.15, -0.1) is 0 Å². The van der Waals surface area contributed by atoms with Crippen molar-refractivity contribution in [3.8, 4) is 27.9 Å². The van der Waals surface area contributed by atoms with Gasteiger partial charge in [0.1, 0.15) is 7.85 Å². The molecule has 0 aliphatic heterocycles. The summed E-state index contributed by atoms with van der Waals surface area (Å²) in [6.45, 7) is 0. The number of hydrogen-bond acceptors (Lipinski definition) is 0. The van der Waals surface area contributed by atoms with Gasteiger partial charge in [0.05, 0.1) is 11.0 Å². The normalized spacial score (nSPS) is 12.2. The van der Waals surface area contributed by atoms with Crippen molar-refractivity contribution in [2.24, 2.45) is 0 Å². The maximum absolute atomic E-state index is 6.10. The molecule has 0 fully saturated rings. The number of nitrogens with zero attached hydrogens (tertiary/aromatic N) is 1. The van der Waals surface area contributed by atoms with E-state index in [9.17, 15) is 0 Å². The third kappa shape index (κ3) is 2.81. The van der Waals surface area contributed by atoms with E-state index in [-0.39, 0.29) is 0 Å². The largest absolute Gasteiger partial charge is 0.309 e. The van der Waals surface area contributed by atoms with E-state index in [0.29, 0.717) is 0 Å². The summed E-state index contributed by atoms with van der Waals surface area (Å²) in [5, 5.41) is 2.55. The Bertz CT molecular complexity index is 1690. The molecule has 0 spiro atoms. The molecule has 0 saturated carbocycles. The predicted octanol–water partition coefficient (Wildman–Crippen LogP) is 6.82. The van der Waals surface area contributed by atoms with Gasteiger partial charge < -0.3 is 4.57 Å². The Morgan fingerprint density at radius 3 is 2.09 bits per heavy atom. The standard InChI is InChI=1S/C31H20BN/c32-24-14-12-23-16-22-11-10-20(17-27(22)28(23)19-24)21-13-15-31-29(18-21)26-8-4-5-9-30(26)33(31)25-6-2-1-3-7-25/h1-15,17-19H,16H2. The van der Waals surface area contributed by atoms with Crippen LogP contribution < -0.4 is 5.46 Å². The van der Waals surface area contributed by atoms with Gasteiger partial charge in [-0.3, -0.25) is 0 Å². The molecule has 0 amide bonds. The number of para-hydroxylation sites is 2. The maximum Gasteiger partial charge on any atom is 0.113 e. The number of rotatable bonds is 2. The highest BCUT2D eigenvalue weighted by Crippen LogP contribution is 2.40. The minimum Gasteiger partial charge on any atom is -0.309 e. The van der Waals surface area contributed by atoms with Crippen LogP contribution in [0.1, 0.15) is 11.1 Å². The molecular weight excluding hydrogens is 397 g/mol. The summed E-state index contributed by atoms with van der Waals surface area (Å²) in [5.41, 5.74) is 12.3. The van der Waals surface area contributed by atoms with Gasteiger partial charge in [0, 0.05) is 16.5 Å². The van der Waals surface area contributed by atoms with Crippen LogP contribution in [0, 0.1) is 0 Å². The van der Waals surface area contributed by atoms with E-state index in [1.165, 1.54) is 60.9 Å². The molecule has 2 heteroatoms. The first kappa shape index (κ1) is 18.5. The van der Waals surface area contributed by atoms with E-state index in [4.69, 9.17) is 7.85 Å². The summed E-state index contributed by atoms with van der Waals surface area (Å²) in [5.74, 6) is 0. The summed E-state index contributed by atoms with van der Waals surface area (Å²) in [6.07, 6.45) is 0.981. The van der Waals surface area contributed by atoms with E-state index >= 15 is 0 Å². The Morgan fingerprint density at radius 1 is 0.545 bits per heavy atom. The van der Waals surface area contributed by atoms with Crippen molar-refractivity contribution in [2.75, 3.05) is 0 Å². The molecule has 0 bridgehead atoms. The van der Waals surface area contributed by atoms with Crippen LogP contribution in [-0.4, -0.2) is 12.4 Å². The van der Waals surface area contributed by atoms with Crippen LogP contribution in [0.15, 0.2) is 109 Å². The van der Waals surface area contributed by atoms with Crippen molar-refractivity contribution in [3.05, 3.63) is 120 Å². The van der Waals surface area contributed by atoms with Crippen LogP contribution >= 0.6 is 0 Å². The molecule has 1 aliphatic rings. The summed E-state index contributed by atoms with van der Waals surface area (Å²) >= 11 is 0. The maximum atomic E-state index is 6.10. The third-order valence-corrected chi connectivity index (χ3v) is 6.94. The quantitative estimate of drug-likeness (QED) is 0.272. The molecule has 7 rings (SSSR count). The van der Waals surface area contributed by atoms with Gasteiger partial charge in [0.15, 0.2) is 0 Å². The van der Waals surface area contributed by atoms with Crippen LogP contribution in [0.4, 0.5) is 0 Å². The van der Waals surface area contributed by atoms with Gasteiger partial charge in [-0.05, 0) is 76.2 Å². The first-order chi connectivity index (χ1) is 16.3. The molecule has 152 valence electrons. The number of benzene rings is 5. The lowest BCUT2D eigenvalue weighted by Gasteiger charge is -2.09. The van der Waals surface area contributed by atoms with E-state index in [1.807, 2.05) is 6.07 Å². The molecule has 1 aromatic heterocycles. The predicted molar refractivity (Wildman–Crippen MR) is 140 cm³/mol. The molecule has 0 unspecified atom stereocenters. The average Bonchev–Trinajstić information content (AvgIpc) is 3.39. The second kappa shape index (κ2) is 6.98. The minimum absolute atomic E-state index is 0.821. The van der Waals surface area contributed by atoms with Crippen molar-refractivity contribution < 1.29 is 0 Å². The molecule has 2 radical (unpaired) electrons. The fraction of sp³-hybridized carbons (Fsp3) is 0.0323. The van der Waals surface area contributed by atoms with E-state index in [1.54, 1.807) is 0 Å². The Kier molecular flexibility index (Phi) is 3.92. The van der Waals surface area contributed by atoms with Gasteiger partial charge >= 0.3 is 0 Å². The van der Waals surface area contributed by atoms with Crippen LogP contribution in [-0.2, 0) is 6.42 Å². The number of aromatic nitrogens is 1. The van der Waals surface area contributed by atoms with E-state index < -0.39 is 0 Å². The Labute approximate surface area is 194 Å². The van der Waals surface area contributed by atoms with Gasteiger partial charge in [0.2, 0.25) is 0 Å². The zero-order valence-electron chi connectivity index (χ0n) is 18.1. The van der Waals surface area contributed by atoms with Crippen molar-refractivity contribution in [3.63, 3.8) is 0 Å². The molecule has 1 heterocycles. The molecule has 0 N–H and O–H groups in total. The zero-order chi connectivity index (χ0) is 21.9. The zero-order valence-corrected chi connectivity index (χ0v) is 18.1. The summed E-state index contributed by atoms with van der Waals surface area (Å²) in [4.78, 5) is 0. The van der Waals surface area contributed by atoms with E-state index in [0.717, 1.165) is 11.9 Å². The summed E-state index contributed by atoms with van der Waals surface area (Å²) < 4.78 is 2.36. The number of hydrogen-bond donors (Lipinski definition) is 0. The number of fused-ring (bicyclic) bond motifs is 6. The van der Waals surface area contributed by atoms with Gasteiger partial charge in [0.25, 0.3) is 0 Å². The minimum atomic E-state index is 0.821. The van der Waals surface area contributed by atoms with Crippen LogP contribution in [0.25, 0.3) is 49.7 Å². The fourth-order valence-electron chi connectivity index (χ4n) is 5.37. The SMILES string of the molecule is [B]c1ccc2c(c1)-c1cc(-c3ccc4c(c3)c3ccccc3n4-c3ccccc3)ccc1C2. The van der Waals surface area contributed by atoms with Gasteiger partial charge in [-0.1, -0.05) is 78.3 Å². The summed E-state index contributed by atoms with van der Waals surface area (Å²) in [7, 11) is 6.10. The Hall–Kier alpha value is -4.04. The van der Waals surface area contributed by atoms with Gasteiger partial charge in [-0.25, -0.2) is 0 Å². The molecule has 33 heavy (non-hydrogen) atoms. The molecule has 0 saturated heterocycles. The first-order valence-corrected chi connectivity index (χ1v) is 11.4. The smallest absolute Gasteiger partial charge is 0.113 e. The lowest BCUT2D eigenvalue weighted by molar-refractivity contribution is 1.18. The topological polar surface area (TPSA) is 4.93 Å². The first-order valence-electron chi connectivity index (χ1n) is 11.4. The molecular formula is C31H20BN. The monoisotopic (exact) mass is 417 g/mol. The molecule has 1 nitrogen and oxygen atoms in total. The van der Waals surface area contributed by atoms with Crippen molar-refractivity contribution in [1.82, 2.24) is 4.57 Å². The van der Waals surface area contributed by atoms with Crippen molar-refractivity contribution >= 4 is 35.1 Å². The Morgan fingerprint density at radius 2 is 1.21 bits per heavy atom. The molecule has 5 aromatic carbocycles. The Balaban J connectivity index is 1.44. The van der Waals surface area contributed by atoms with Crippen LogP contribution in [0.5, 0.6) is 0 Å². The average molecular weight is 417 g/mol. The van der Waals surface area contributed by atoms with Gasteiger partial charge in [-0.2, -0.15) is 0 Å². The highest BCUT2D eigenvalue weighted by Gasteiger charge is 2.19. The fourth-order valence-corrected chi connectivity index (χ4v) is 5.37. The lowest BCUT2D eigenvalue weighted by Crippen LogP contribution is -2.01. The molecule has 0 atom stereocenters. The highest BCUT2D eigenvalue weighted by atomic mass is 15.0. The van der Waals surface area contributed by atoms with Crippen LogP contribution in [0.2, 0.25) is 0 Å². The lowest BCUT2D eigenvalue weighted by atomic mass is 9.91. The van der Waals surface area contributed by atoms with E-state index in [2.05, 4.69) is 108 Å². The molecule has 6 aromatic rings. The van der Waals surface area contributed by atoms with Crippen molar-refractivity contribution in [2.45, 2.75) is 6.42 Å². The highest BCUT2D eigenvalue weighted by molar-refractivity contribution is 6.32. The second-order valence-corrected chi connectivity index (χ2v) is 8.89.